The highest BCUT2D eigenvalue weighted by atomic mass is 35.5. The number of hydrogen-bond acceptors (Lipinski definition) is 1. The Labute approximate surface area is 123 Å². The molecule has 0 bridgehead atoms. The van der Waals surface area contributed by atoms with E-state index < -0.39 is 6.61 Å². The molecular formula is C13H7Cl3F2O. The summed E-state index contributed by atoms with van der Waals surface area (Å²) < 4.78 is 28.8. The molecule has 0 aliphatic rings. The maximum absolute atomic E-state index is 12.3. The zero-order valence-corrected chi connectivity index (χ0v) is 11.6. The molecule has 0 N–H and O–H groups in total. The number of benzene rings is 2. The highest BCUT2D eigenvalue weighted by molar-refractivity contribution is 6.43. The Balaban J connectivity index is 2.48. The molecule has 0 fully saturated rings. The second kappa shape index (κ2) is 5.95. The van der Waals surface area contributed by atoms with E-state index in [9.17, 15) is 8.78 Å². The van der Waals surface area contributed by atoms with Gasteiger partial charge in [0.2, 0.25) is 0 Å². The van der Waals surface area contributed by atoms with Gasteiger partial charge in [-0.25, -0.2) is 0 Å². The first-order valence-corrected chi connectivity index (χ1v) is 6.31. The normalized spacial score (nSPS) is 10.8. The largest absolute Gasteiger partial charge is 0.433 e. The van der Waals surface area contributed by atoms with Crippen molar-refractivity contribution in [1.82, 2.24) is 0 Å². The molecule has 0 saturated heterocycles. The molecule has 2 rings (SSSR count). The number of halogens is 5. The van der Waals surface area contributed by atoms with Crippen molar-refractivity contribution in [2.24, 2.45) is 0 Å². The molecule has 6 heteroatoms. The van der Waals surface area contributed by atoms with E-state index in [1.54, 1.807) is 24.3 Å². The van der Waals surface area contributed by atoms with Crippen molar-refractivity contribution in [2.45, 2.75) is 6.61 Å². The topological polar surface area (TPSA) is 9.23 Å². The molecule has 2 aromatic rings. The van der Waals surface area contributed by atoms with Gasteiger partial charge >= 0.3 is 6.61 Å². The molecule has 2 aromatic carbocycles. The van der Waals surface area contributed by atoms with Crippen LogP contribution in [0.5, 0.6) is 5.75 Å². The molecule has 0 heterocycles. The Morgan fingerprint density at radius 2 is 1.68 bits per heavy atom. The average Bonchev–Trinajstić information content (AvgIpc) is 2.35. The predicted octanol–water partition coefficient (Wildman–Crippen LogP) is 5.92. The van der Waals surface area contributed by atoms with Crippen LogP contribution in [0.15, 0.2) is 36.4 Å². The highest BCUT2D eigenvalue weighted by Gasteiger charge is 2.12. The SMILES string of the molecule is FC(F)Oc1cc(-c2cccc(Cl)c2Cl)ccc1Cl. The first kappa shape index (κ1) is 14.4. The molecule has 1 nitrogen and oxygen atoms in total. The van der Waals surface area contributed by atoms with E-state index in [1.165, 1.54) is 12.1 Å². The Morgan fingerprint density at radius 3 is 2.37 bits per heavy atom. The smallest absolute Gasteiger partial charge is 0.387 e. The standard InChI is InChI=1S/C13H7Cl3F2O/c14-9-5-4-7(6-11(9)19-13(17)18)8-2-1-3-10(15)12(8)16/h1-6,13H. The van der Waals surface area contributed by atoms with Crippen LogP contribution < -0.4 is 4.74 Å². The molecule has 0 radical (unpaired) electrons. The summed E-state index contributed by atoms with van der Waals surface area (Å²) in [5.41, 5.74) is 1.21. The molecule has 100 valence electrons. The Kier molecular flexibility index (Phi) is 4.50. The van der Waals surface area contributed by atoms with E-state index in [-0.39, 0.29) is 10.8 Å². The van der Waals surface area contributed by atoms with Gasteiger partial charge in [-0.15, -0.1) is 0 Å². The zero-order chi connectivity index (χ0) is 14.0. The van der Waals surface area contributed by atoms with E-state index in [0.717, 1.165) is 0 Å². The third-order valence-corrected chi connectivity index (χ3v) is 3.54. The first-order chi connectivity index (χ1) is 8.99. The lowest BCUT2D eigenvalue weighted by Crippen LogP contribution is -2.02. The van der Waals surface area contributed by atoms with Gasteiger partial charge in [-0.1, -0.05) is 53.0 Å². The van der Waals surface area contributed by atoms with Gasteiger partial charge in [0, 0.05) is 5.56 Å². The van der Waals surface area contributed by atoms with Gasteiger partial charge in [0.1, 0.15) is 5.75 Å². The Morgan fingerprint density at radius 1 is 0.947 bits per heavy atom. The minimum Gasteiger partial charge on any atom is -0.433 e. The fraction of sp³-hybridized carbons (Fsp3) is 0.0769. The van der Waals surface area contributed by atoms with E-state index in [4.69, 9.17) is 34.8 Å². The van der Waals surface area contributed by atoms with Gasteiger partial charge in [0.25, 0.3) is 0 Å². The molecule has 0 atom stereocenters. The van der Waals surface area contributed by atoms with Crippen LogP contribution in [0.4, 0.5) is 8.78 Å². The minimum absolute atomic E-state index is 0.0993. The van der Waals surface area contributed by atoms with E-state index in [2.05, 4.69) is 4.74 Å². The lowest BCUT2D eigenvalue weighted by atomic mass is 10.1. The van der Waals surface area contributed by atoms with Crippen molar-refractivity contribution in [1.29, 1.82) is 0 Å². The number of hydrogen-bond donors (Lipinski definition) is 0. The summed E-state index contributed by atoms with van der Waals surface area (Å²) in [4.78, 5) is 0. The van der Waals surface area contributed by atoms with Gasteiger partial charge in [-0.05, 0) is 23.8 Å². The van der Waals surface area contributed by atoms with Crippen LogP contribution in [0, 0.1) is 0 Å². The van der Waals surface area contributed by atoms with Gasteiger partial charge < -0.3 is 4.74 Å². The highest BCUT2D eigenvalue weighted by Crippen LogP contribution is 2.37. The summed E-state index contributed by atoms with van der Waals surface area (Å²) in [5.74, 6) is -0.106. The Hall–Kier alpha value is -1.03. The number of ether oxygens (including phenoxy) is 1. The summed E-state index contributed by atoms with van der Waals surface area (Å²) >= 11 is 17.8. The third-order valence-electron chi connectivity index (χ3n) is 2.41. The second-order valence-electron chi connectivity index (χ2n) is 3.63. The van der Waals surface area contributed by atoms with Crippen molar-refractivity contribution in [3.63, 3.8) is 0 Å². The van der Waals surface area contributed by atoms with Crippen molar-refractivity contribution >= 4 is 34.8 Å². The predicted molar refractivity (Wildman–Crippen MR) is 73.5 cm³/mol. The molecular weight excluding hydrogens is 316 g/mol. The van der Waals surface area contributed by atoms with Gasteiger partial charge in [0.15, 0.2) is 0 Å². The summed E-state index contributed by atoms with van der Waals surface area (Å²) in [6.45, 7) is -2.94. The average molecular weight is 324 g/mol. The molecule has 0 aromatic heterocycles. The molecule has 0 aliphatic carbocycles. The monoisotopic (exact) mass is 322 g/mol. The van der Waals surface area contributed by atoms with Crippen molar-refractivity contribution in [3.05, 3.63) is 51.5 Å². The van der Waals surface area contributed by atoms with Gasteiger partial charge in [-0.2, -0.15) is 8.78 Å². The second-order valence-corrected chi connectivity index (χ2v) is 4.82. The maximum Gasteiger partial charge on any atom is 0.387 e. The van der Waals surface area contributed by atoms with Crippen molar-refractivity contribution in [3.8, 4) is 16.9 Å². The van der Waals surface area contributed by atoms with E-state index >= 15 is 0 Å². The van der Waals surface area contributed by atoms with Crippen molar-refractivity contribution in [2.75, 3.05) is 0 Å². The molecule has 19 heavy (non-hydrogen) atoms. The molecule has 0 spiro atoms. The van der Waals surface area contributed by atoms with Gasteiger partial charge in [-0.3, -0.25) is 0 Å². The van der Waals surface area contributed by atoms with Crippen LogP contribution >= 0.6 is 34.8 Å². The van der Waals surface area contributed by atoms with Crippen LogP contribution in [0.25, 0.3) is 11.1 Å². The summed E-state index contributed by atoms with van der Waals surface area (Å²) in [7, 11) is 0. The number of alkyl halides is 2. The quantitative estimate of drug-likeness (QED) is 0.681. The van der Waals surface area contributed by atoms with E-state index in [0.29, 0.717) is 21.2 Å². The first-order valence-electron chi connectivity index (χ1n) is 5.18. The molecule has 0 saturated carbocycles. The van der Waals surface area contributed by atoms with E-state index in [1.807, 2.05) is 0 Å². The zero-order valence-electron chi connectivity index (χ0n) is 9.34. The van der Waals surface area contributed by atoms with Crippen LogP contribution in [0.3, 0.4) is 0 Å². The fourth-order valence-electron chi connectivity index (χ4n) is 1.58. The number of rotatable bonds is 3. The van der Waals surface area contributed by atoms with Gasteiger partial charge in [0.05, 0.1) is 15.1 Å². The summed E-state index contributed by atoms with van der Waals surface area (Å²) in [6, 6.07) is 9.59. The van der Waals surface area contributed by atoms with Crippen LogP contribution in [0.1, 0.15) is 0 Å². The molecule has 0 unspecified atom stereocenters. The molecule has 0 amide bonds. The van der Waals surface area contributed by atoms with Crippen LogP contribution in [0.2, 0.25) is 15.1 Å². The fourth-order valence-corrected chi connectivity index (χ4v) is 2.16. The minimum atomic E-state index is -2.94. The van der Waals surface area contributed by atoms with Crippen LogP contribution in [-0.2, 0) is 0 Å². The Bertz CT molecular complexity index is 602. The summed E-state index contributed by atoms with van der Waals surface area (Å²) in [5, 5.41) is 0.821. The lowest BCUT2D eigenvalue weighted by molar-refractivity contribution is -0.0497. The third kappa shape index (κ3) is 3.30. The summed E-state index contributed by atoms with van der Waals surface area (Å²) in [6.07, 6.45) is 0. The maximum atomic E-state index is 12.3. The van der Waals surface area contributed by atoms with Crippen LogP contribution in [-0.4, -0.2) is 6.61 Å². The molecule has 0 aliphatic heterocycles. The van der Waals surface area contributed by atoms with Crippen molar-refractivity contribution < 1.29 is 13.5 Å². The lowest BCUT2D eigenvalue weighted by Gasteiger charge is -2.10.